The summed E-state index contributed by atoms with van der Waals surface area (Å²) in [5, 5.41) is 0. The third-order valence-corrected chi connectivity index (χ3v) is 7.44. The molecule has 2 fully saturated rings. The first-order valence-corrected chi connectivity index (χ1v) is 5.96. The van der Waals surface area contributed by atoms with Crippen LogP contribution >= 0.6 is 0 Å². The van der Waals surface area contributed by atoms with Gasteiger partial charge in [-0.15, -0.1) is 0 Å². The van der Waals surface area contributed by atoms with E-state index >= 15 is 0 Å². The quantitative estimate of drug-likeness (QED) is 0.533. The van der Waals surface area contributed by atoms with E-state index in [4.69, 9.17) is 0 Å². The summed E-state index contributed by atoms with van der Waals surface area (Å²) >= 11 is 0. The summed E-state index contributed by atoms with van der Waals surface area (Å²) in [5.41, 5.74) is 2.57. The molecular formula is C14H26. The third kappa shape index (κ3) is 0.558. The smallest absolute Gasteiger partial charge is 0.0158 e. The molecule has 14 heavy (non-hydrogen) atoms. The second-order valence-corrected chi connectivity index (χ2v) is 7.77. The Hall–Kier alpha value is 0. The van der Waals surface area contributed by atoms with Gasteiger partial charge in [-0.1, -0.05) is 55.4 Å². The van der Waals surface area contributed by atoms with Crippen molar-refractivity contribution in [1.29, 1.82) is 0 Å². The summed E-state index contributed by atoms with van der Waals surface area (Å²) in [4.78, 5) is 0. The van der Waals surface area contributed by atoms with E-state index in [0.717, 1.165) is 0 Å². The van der Waals surface area contributed by atoms with Crippen molar-refractivity contribution in [3.05, 3.63) is 0 Å². The lowest BCUT2D eigenvalue weighted by Crippen LogP contribution is -2.84. The Bertz CT molecular complexity index is 280. The Balaban J connectivity index is 2.52. The Morgan fingerprint density at radius 2 is 1.07 bits per heavy atom. The maximum absolute atomic E-state index is 2.52. The van der Waals surface area contributed by atoms with Gasteiger partial charge in [-0.2, -0.15) is 0 Å². The molecule has 0 saturated heterocycles. The number of rotatable bonds is 0. The second-order valence-electron chi connectivity index (χ2n) is 7.77. The van der Waals surface area contributed by atoms with Crippen LogP contribution in [0.15, 0.2) is 0 Å². The molecule has 0 heteroatoms. The second kappa shape index (κ2) is 1.95. The van der Waals surface area contributed by atoms with Crippen LogP contribution in [0.3, 0.4) is 0 Å². The van der Waals surface area contributed by atoms with E-state index in [0.29, 0.717) is 27.1 Å². The van der Waals surface area contributed by atoms with Gasteiger partial charge in [0.25, 0.3) is 0 Å². The van der Waals surface area contributed by atoms with Gasteiger partial charge < -0.3 is 0 Å². The zero-order chi connectivity index (χ0) is 11.2. The molecule has 0 nitrogen and oxygen atoms in total. The van der Waals surface area contributed by atoms with Crippen LogP contribution in [-0.4, -0.2) is 0 Å². The maximum Gasteiger partial charge on any atom is -0.0158 e. The Kier molecular flexibility index (Phi) is 1.46. The van der Waals surface area contributed by atoms with Gasteiger partial charge in [-0.05, 0) is 33.5 Å². The summed E-state index contributed by atoms with van der Waals surface area (Å²) in [6.07, 6.45) is 1.40. The van der Waals surface area contributed by atoms with Crippen molar-refractivity contribution in [3.63, 3.8) is 0 Å². The van der Waals surface area contributed by atoms with Crippen LogP contribution in [0.4, 0.5) is 0 Å². The van der Waals surface area contributed by atoms with E-state index in [2.05, 4.69) is 55.4 Å². The van der Waals surface area contributed by atoms with Crippen LogP contribution < -0.4 is 0 Å². The van der Waals surface area contributed by atoms with Gasteiger partial charge in [0.15, 0.2) is 0 Å². The molecule has 0 radical (unpaired) electrons. The Labute approximate surface area is 89.5 Å². The van der Waals surface area contributed by atoms with Crippen LogP contribution in [-0.2, 0) is 0 Å². The summed E-state index contributed by atoms with van der Waals surface area (Å²) < 4.78 is 0. The van der Waals surface area contributed by atoms with E-state index in [-0.39, 0.29) is 0 Å². The molecule has 82 valence electrons. The average molecular weight is 194 g/mol. The van der Waals surface area contributed by atoms with Gasteiger partial charge in [0, 0.05) is 0 Å². The minimum atomic E-state index is 0.469. The molecule has 2 aliphatic rings. The van der Waals surface area contributed by atoms with Gasteiger partial charge in [-0.3, -0.25) is 0 Å². The largest absolute Gasteiger partial charge is 0.0593 e. The van der Waals surface area contributed by atoms with Crippen LogP contribution in [0.5, 0.6) is 0 Å². The van der Waals surface area contributed by atoms with Crippen molar-refractivity contribution in [3.8, 4) is 0 Å². The van der Waals surface area contributed by atoms with Gasteiger partial charge in [0.2, 0.25) is 0 Å². The third-order valence-electron chi connectivity index (χ3n) is 7.44. The van der Waals surface area contributed by atoms with Crippen LogP contribution in [0.1, 0.15) is 61.8 Å². The van der Waals surface area contributed by atoms with Crippen molar-refractivity contribution in [2.75, 3.05) is 0 Å². The first-order chi connectivity index (χ1) is 5.96. The van der Waals surface area contributed by atoms with Crippen molar-refractivity contribution >= 4 is 0 Å². The highest BCUT2D eigenvalue weighted by atomic mass is 14.9. The lowest BCUT2D eigenvalue weighted by atomic mass is 9.14. The normalized spacial score (nSPS) is 51.4. The molecular weight excluding hydrogens is 168 g/mol. The fraction of sp³-hybridized carbons (Fsp3) is 1.00. The molecule has 2 rings (SSSR count). The SMILES string of the molecule is CC1(C)CC2(C)C(C)(C)C(C)(C)C12C. The summed E-state index contributed by atoms with van der Waals surface area (Å²) in [5.74, 6) is 0. The summed E-state index contributed by atoms with van der Waals surface area (Å²) in [6, 6.07) is 0. The van der Waals surface area contributed by atoms with Crippen LogP contribution in [0.25, 0.3) is 0 Å². The van der Waals surface area contributed by atoms with Gasteiger partial charge in [0.05, 0.1) is 0 Å². The molecule has 0 N–H and O–H groups in total. The predicted molar refractivity (Wildman–Crippen MR) is 62.2 cm³/mol. The molecule has 0 aromatic heterocycles. The van der Waals surface area contributed by atoms with Crippen molar-refractivity contribution in [1.82, 2.24) is 0 Å². The minimum Gasteiger partial charge on any atom is -0.0593 e. The predicted octanol–water partition coefficient (Wildman–Crippen LogP) is 4.49. The number of fused-ring (bicyclic) bond motifs is 1. The first-order valence-electron chi connectivity index (χ1n) is 5.96. The van der Waals surface area contributed by atoms with Crippen molar-refractivity contribution in [2.45, 2.75) is 61.8 Å². The monoisotopic (exact) mass is 194 g/mol. The lowest BCUT2D eigenvalue weighted by Gasteiger charge is -2.90. The molecule has 2 saturated carbocycles. The Morgan fingerprint density at radius 3 is 1.29 bits per heavy atom. The van der Waals surface area contributed by atoms with Gasteiger partial charge in [-0.25, -0.2) is 0 Å². The fourth-order valence-electron chi connectivity index (χ4n) is 5.51. The molecule has 2 atom stereocenters. The van der Waals surface area contributed by atoms with E-state index < -0.39 is 0 Å². The fourth-order valence-corrected chi connectivity index (χ4v) is 5.51. The van der Waals surface area contributed by atoms with E-state index in [1.54, 1.807) is 0 Å². The van der Waals surface area contributed by atoms with Crippen LogP contribution in [0.2, 0.25) is 0 Å². The van der Waals surface area contributed by atoms with Crippen molar-refractivity contribution < 1.29 is 0 Å². The molecule has 2 aliphatic carbocycles. The highest BCUT2D eigenvalue weighted by Crippen LogP contribution is 2.91. The summed E-state index contributed by atoms with van der Waals surface area (Å²) in [7, 11) is 0. The van der Waals surface area contributed by atoms with Crippen LogP contribution in [0, 0.1) is 27.1 Å². The average Bonchev–Trinajstić information content (AvgIpc) is 2.00. The molecule has 0 aromatic rings. The molecule has 0 aromatic carbocycles. The van der Waals surface area contributed by atoms with E-state index in [1.807, 2.05) is 0 Å². The topological polar surface area (TPSA) is 0 Å². The zero-order valence-electron chi connectivity index (χ0n) is 11.2. The number of hydrogen-bond donors (Lipinski definition) is 0. The molecule has 0 amide bonds. The number of hydrogen-bond acceptors (Lipinski definition) is 0. The highest BCUT2D eigenvalue weighted by molar-refractivity contribution is 5.33. The zero-order valence-corrected chi connectivity index (χ0v) is 11.2. The standard InChI is InChI=1S/C14H26/c1-10(2)9-13(7)11(3,4)12(5,6)14(10,13)8/h9H2,1-8H3. The Morgan fingerprint density at radius 1 is 0.643 bits per heavy atom. The molecule has 0 bridgehead atoms. The van der Waals surface area contributed by atoms with Gasteiger partial charge in [0.1, 0.15) is 0 Å². The van der Waals surface area contributed by atoms with E-state index in [9.17, 15) is 0 Å². The first kappa shape index (κ1) is 10.5. The lowest BCUT2D eigenvalue weighted by molar-refractivity contribution is -0.422. The minimum absolute atomic E-state index is 0.469. The molecule has 2 unspecified atom stereocenters. The molecule has 0 spiro atoms. The molecule has 0 heterocycles. The maximum atomic E-state index is 2.52. The van der Waals surface area contributed by atoms with Gasteiger partial charge >= 0.3 is 0 Å². The highest BCUT2D eigenvalue weighted by Gasteiger charge is 2.85. The summed E-state index contributed by atoms with van der Waals surface area (Å²) in [6.45, 7) is 19.8. The molecule has 0 aliphatic heterocycles. The van der Waals surface area contributed by atoms with Crippen molar-refractivity contribution in [2.24, 2.45) is 27.1 Å². The van der Waals surface area contributed by atoms with E-state index in [1.165, 1.54) is 6.42 Å².